The van der Waals surface area contributed by atoms with Gasteiger partial charge in [0.1, 0.15) is 11.4 Å². The van der Waals surface area contributed by atoms with Gasteiger partial charge < -0.3 is 20.4 Å². The van der Waals surface area contributed by atoms with Gasteiger partial charge in [0, 0.05) is 37.2 Å². The normalized spacial score (nSPS) is 15.0. The van der Waals surface area contributed by atoms with Crippen LogP contribution in [0.4, 0.5) is 0 Å². The van der Waals surface area contributed by atoms with Crippen LogP contribution in [-0.4, -0.2) is 45.0 Å². The standard InChI is InChI=1S/C32H41N9O/c1-22(2)19-33-31-36-30(37-32(38-31)34-20-23(3)4)26-21-41(40-39-26)18-12-11-17-27-35-28(24-13-7-5-8-14-24)29(42-27)25-15-9-6-10-16-25/h5-10,13-16,21-23,30H,11-12,17-20H2,1-4H3,(H3,33,34,36,37,38). The molecule has 0 spiro atoms. The number of unbranched alkanes of at least 4 members (excludes halogenated alkanes) is 1. The van der Waals surface area contributed by atoms with Gasteiger partial charge in [0.25, 0.3) is 0 Å². The van der Waals surface area contributed by atoms with E-state index in [4.69, 9.17) is 14.4 Å². The second-order valence-corrected chi connectivity index (χ2v) is 11.4. The first kappa shape index (κ1) is 29.0. The minimum atomic E-state index is -0.360. The largest absolute Gasteiger partial charge is 0.440 e. The van der Waals surface area contributed by atoms with Crippen molar-refractivity contribution in [2.75, 3.05) is 13.1 Å². The highest BCUT2D eigenvalue weighted by Crippen LogP contribution is 2.33. The zero-order valence-corrected chi connectivity index (χ0v) is 24.9. The van der Waals surface area contributed by atoms with Gasteiger partial charge in [-0.25, -0.2) is 9.98 Å². The minimum Gasteiger partial charge on any atom is -0.440 e. The molecule has 10 heteroatoms. The van der Waals surface area contributed by atoms with Gasteiger partial charge in [-0.15, -0.1) is 5.10 Å². The van der Waals surface area contributed by atoms with Crippen LogP contribution in [0.3, 0.4) is 0 Å². The molecule has 10 nitrogen and oxygen atoms in total. The van der Waals surface area contributed by atoms with E-state index >= 15 is 0 Å². The summed E-state index contributed by atoms with van der Waals surface area (Å²) in [4.78, 5) is 14.2. The number of rotatable bonds is 12. The van der Waals surface area contributed by atoms with Crippen molar-refractivity contribution in [1.82, 2.24) is 35.9 Å². The first-order valence-electron chi connectivity index (χ1n) is 14.9. The smallest absolute Gasteiger partial charge is 0.223 e. The second-order valence-electron chi connectivity index (χ2n) is 11.4. The van der Waals surface area contributed by atoms with E-state index in [0.29, 0.717) is 23.8 Å². The van der Waals surface area contributed by atoms with Gasteiger partial charge in [0.15, 0.2) is 17.8 Å². The maximum atomic E-state index is 6.29. The number of hydrogen-bond donors (Lipinski definition) is 3. The third-order valence-corrected chi connectivity index (χ3v) is 6.71. The third-order valence-electron chi connectivity index (χ3n) is 6.71. The predicted molar refractivity (Wildman–Crippen MR) is 167 cm³/mol. The lowest BCUT2D eigenvalue weighted by molar-refractivity contribution is 0.476. The molecule has 4 aromatic rings. The topological polar surface area (TPSA) is 118 Å². The van der Waals surface area contributed by atoms with Crippen LogP contribution in [0.25, 0.3) is 22.6 Å². The zero-order valence-electron chi connectivity index (χ0n) is 24.9. The van der Waals surface area contributed by atoms with Crippen molar-refractivity contribution in [3.8, 4) is 22.6 Å². The summed E-state index contributed by atoms with van der Waals surface area (Å²) in [6, 6.07) is 20.4. The average Bonchev–Trinajstić information content (AvgIpc) is 3.66. The third kappa shape index (κ3) is 7.84. The molecule has 5 rings (SSSR count). The zero-order chi connectivity index (χ0) is 29.3. The Hall–Kier alpha value is -4.47. The van der Waals surface area contributed by atoms with E-state index < -0.39 is 0 Å². The Morgan fingerprint density at radius 3 is 2.29 bits per heavy atom. The molecule has 0 bridgehead atoms. The number of benzene rings is 2. The van der Waals surface area contributed by atoms with E-state index in [9.17, 15) is 0 Å². The molecule has 42 heavy (non-hydrogen) atoms. The van der Waals surface area contributed by atoms with Crippen molar-refractivity contribution in [3.63, 3.8) is 0 Å². The van der Waals surface area contributed by atoms with Gasteiger partial charge >= 0.3 is 0 Å². The highest BCUT2D eigenvalue weighted by molar-refractivity contribution is 5.96. The maximum Gasteiger partial charge on any atom is 0.223 e. The molecule has 1 unspecified atom stereocenters. The van der Waals surface area contributed by atoms with Gasteiger partial charge in [-0.2, -0.15) is 4.99 Å². The summed E-state index contributed by atoms with van der Waals surface area (Å²) >= 11 is 0. The molecule has 1 aliphatic rings. The molecule has 2 aromatic carbocycles. The Kier molecular flexibility index (Phi) is 9.63. The van der Waals surface area contributed by atoms with Crippen LogP contribution in [0, 0.1) is 11.8 Å². The number of aliphatic imine (C=N–C) groups is 2. The number of aryl methyl sites for hydroxylation is 2. The summed E-state index contributed by atoms with van der Waals surface area (Å²) in [6.45, 7) is 11.0. The summed E-state index contributed by atoms with van der Waals surface area (Å²) in [6.07, 6.45) is 4.17. The van der Waals surface area contributed by atoms with Crippen LogP contribution < -0.4 is 16.0 Å². The first-order valence-corrected chi connectivity index (χ1v) is 14.9. The Morgan fingerprint density at radius 2 is 1.57 bits per heavy atom. The van der Waals surface area contributed by atoms with E-state index in [1.165, 1.54) is 0 Å². The number of guanidine groups is 2. The summed E-state index contributed by atoms with van der Waals surface area (Å²) < 4.78 is 8.16. The quantitative estimate of drug-likeness (QED) is 0.196. The van der Waals surface area contributed by atoms with Crippen LogP contribution in [0.5, 0.6) is 0 Å². The van der Waals surface area contributed by atoms with Gasteiger partial charge in [0.2, 0.25) is 11.9 Å². The Morgan fingerprint density at radius 1 is 0.881 bits per heavy atom. The fourth-order valence-corrected chi connectivity index (χ4v) is 4.51. The molecule has 220 valence electrons. The Labute approximate surface area is 247 Å². The predicted octanol–water partition coefficient (Wildman–Crippen LogP) is 5.43. The SMILES string of the molecule is CC(C)CNC1=NC(c2cn(CCCCc3nc(-c4ccccc4)c(-c4ccccc4)o3)nn2)NC(NCC(C)C)=N1. The van der Waals surface area contributed by atoms with Crippen LogP contribution in [0.2, 0.25) is 0 Å². The summed E-state index contributed by atoms with van der Waals surface area (Å²) in [5.41, 5.74) is 3.71. The van der Waals surface area contributed by atoms with E-state index in [-0.39, 0.29) is 6.17 Å². The molecule has 0 aliphatic carbocycles. The van der Waals surface area contributed by atoms with E-state index in [2.05, 4.69) is 83.2 Å². The Bertz CT molecular complexity index is 1420. The summed E-state index contributed by atoms with van der Waals surface area (Å²) in [5.74, 6) is 3.83. The van der Waals surface area contributed by atoms with Crippen molar-refractivity contribution in [2.24, 2.45) is 21.8 Å². The molecule has 1 atom stereocenters. The molecule has 1 aliphatic heterocycles. The van der Waals surface area contributed by atoms with Crippen LogP contribution >= 0.6 is 0 Å². The fraction of sp³-hybridized carbons (Fsp3) is 0.406. The summed E-state index contributed by atoms with van der Waals surface area (Å²) in [7, 11) is 0. The van der Waals surface area contributed by atoms with E-state index in [0.717, 1.165) is 73.1 Å². The van der Waals surface area contributed by atoms with Crippen molar-refractivity contribution in [3.05, 3.63) is 78.4 Å². The molecule has 0 saturated carbocycles. The molecule has 0 fully saturated rings. The number of nitrogens with one attached hydrogen (secondary N) is 3. The Balaban J connectivity index is 1.20. The molecule has 0 saturated heterocycles. The average molecular weight is 568 g/mol. The van der Waals surface area contributed by atoms with E-state index in [1.54, 1.807) is 0 Å². The van der Waals surface area contributed by atoms with Crippen molar-refractivity contribution in [1.29, 1.82) is 0 Å². The van der Waals surface area contributed by atoms with Crippen molar-refractivity contribution in [2.45, 2.75) is 59.7 Å². The second kappa shape index (κ2) is 13.9. The number of nitrogens with zero attached hydrogens (tertiary/aromatic N) is 6. The highest BCUT2D eigenvalue weighted by atomic mass is 16.4. The summed E-state index contributed by atoms with van der Waals surface area (Å²) in [5, 5.41) is 18.9. The van der Waals surface area contributed by atoms with Gasteiger partial charge in [-0.3, -0.25) is 4.68 Å². The molecular formula is C32H41N9O. The van der Waals surface area contributed by atoms with Crippen molar-refractivity contribution < 1.29 is 4.42 Å². The van der Waals surface area contributed by atoms with Crippen LogP contribution in [0.1, 0.15) is 58.3 Å². The molecule has 0 amide bonds. The molecule has 0 radical (unpaired) electrons. The van der Waals surface area contributed by atoms with Gasteiger partial charge in [-0.05, 0) is 24.7 Å². The number of hydrogen-bond acceptors (Lipinski definition) is 9. The lowest BCUT2D eigenvalue weighted by atomic mass is 10.1. The maximum absolute atomic E-state index is 6.29. The lowest BCUT2D eigenvalue weighted by Crippen LogP contribution is -2.45. The first-order chi connectivity index (χ1) is 20.4. The van der Waals surface area contributed by atoms with Crippen LogP contribution in [0.15, 0.2) is 81.3 Å². The fourth-order valence-electron chi connectivity index (χ4n) is 4.51. The van der Waals surface area contributed by atoms with E-state index in [1.807, 2.05) is 47.3 Å². The van der Waals surface area contributed by atoms with Gasteiger partial charge in [0.05, 0.1) is 6.20 Å². The van der Waals surface area contributed by atoms with Crippen molar-refractivity contribution >= 4 is 11.9 Å². The highest BCUT2D eigenvalue weighted by Gasteiger charge is 2.22. The monoisotopic (exact) mass is 567 g/mol. The molecule has 3 N–H and O–H groups in total. The molecule has 2 aromatic heterocycles. The molecular weight excluding hydrogens is 526 g/mol. The lowest BCUT2D eigenvalue weighted by Gasteiger charge is -2.23. The number of aromatic nitrogens is 4. The minimum absolute atomic E-state index is 0.360. The van der Waals surface area contributed by atoms with Crippen LogP contribution in [-0.2, 0) is 13.0 Å². The number of oxazole rings is 1. The molecule has 3 heterocycles. The van der Waals surface area contributed by atoms with Gasteiger partial charge in [-0.1, -0.05) is 93.6 Å².